The minimum absolute atomic E-state index is 0.0723. The highest BCUT2D eigenvalue weighted by Gasteiger charge is 2.54. The number of aromatic nitrogens is 1. The van der Waals surface area contributed by atoms with Crippen molar-refractivity contribution in [2.45, 2.75) is 33.1 Å². The SMILES string of the molecule is C=N/C=C\c1cc(C(=O)NCC2CC23CCN(C(=O)c2cc(C)on2)CC3)oc1C. The zero-order valence-electron chi connectivity index (χ0n) is 17.3. The molecule has 1 aliphatic heterocycles. The number of amides is 2. The number of carbonyl (C=O) groups is 2. The lowest BCUT2D eigenvalue weighted by Gasteiger charge is -2.32. The van der Waals surface area contributed by atoms with Crippen LogP contribution in [0.2, 0.25) is 0 Å². The van der Waals surface area contributed by atoms with Crippen molar-refractivity contribution in [1.82, 2.24) is 15.4 Å². The van der Waals surface area contributed by atoms with Gasteiger partial charge in [0.2, 0.25) is 0 Å². The number of nitrogens with zero attached hydrogens (tertiary/aromatic N) is 3. The molecule has 1 saturated carbocycles. The molecule has 8 nitrogen and oxygen atoms in total. The van der Waals surface area contributed by atoms with Crippen LogP contribution in [0.15, 0.2) is 32.3 Å². The summed E-state index contributed by atoms with van der Waals surface area (Å²) in [5.74, 6) is 1.76. The second kappa shape index (κ2) is 7.93. The fourth-order valence-electron chi connectivity index (χ4n) is 4.33. The zero-order chi connectivity index (χ0) is 21.3. The van der Waals surface area contributed by atoms with Crippen molar-refractivity contribution in [2.75, 3.05) is 19.6 Å². The fourth-order valence-corrected chi connectivity index (χ4v) is 4.33. The van der Waals surface area contributed by atoms with Crippen molar-refractivity contribution >= 4 is 24.6 Å². The molecule has 4 rings (SSSR count). The van der Waals surface area contributed by atoms with E-state index >= 15 is 0 Å². The van der Waals surface area contributed by atoms with E-state index in [1.165, 1.54) is 0 Å². The number of aryl methyl sites for hydroxylation is 2. The Morgan fingerprint density at radius 2 is 2.13 bits per heavy atom. The predicted octanol–water partition coefficient (Wildman–Crippen LogP) is 3.23. The molecule has 2 aromatic rings. The molecule has 30 heavy (non-hydrogen) atoms. The van der Waals surface area contributed by atoms with Gasteiger partial charge in [-0.2, -0.15) is 0 Å². The first-order chi connectivity index (χ1) is 14.4. The molecule has 2 aromatic heterocycles. The lowest BCUT2D eigenvalue weighted by atomic mass is 9.90. The summed E-state index contributed by atoms with van der Waals surface area (Å²) in [6, 6.07) is 3.39. The lowest BCUT2D eigenvalue weighted by molar-refractivity contribution is 0.0658. The molecular formula is C22H26N4O4. The van der Waals surface area contributed by atoms with Crippen molar-refractivity contribution in [3.8, 4) is 0 Å². The van der Waals surface area contributed by atoms with E-state index in [0.717, 1.165) is 24.8 Å². The molecule has 1 spiro atoms. The van der Waals surface area contributed by atoms with Gasteiger partial charge in [-0.05, 0) is 63.3 Å². The molecule has 8 heteroatoms. The number of furan rings is 1. The van der Waals surface area contributed by atoms with Crippen LogP contribution in [0.5, 0.6) is 0 Å². The van der Waals surface area contributed by atoms with E-state index in [1.54, 1.807) is 31.3 Å². The van der Waals surface area contributed by atoms with Gasteiger partial charge in [0.1, 0.15) is 11.5 Å². The molecule has 3 heterocycles. The van der Waals surface area contributed by atoms with E-state index < -0.39 is 0 Å². The van der Waals surface area contributed by atoms with Crippen LogP contribution in [0.3, 0.4) is 0 Å². The van der Waals surface area contributed by atoms with Crippen LogP contribution in [0.25, 0.3) is 6.08 Å². The maximum Gasteiger partial charge on any atom is 0.287 e. The third-order valence-electron chi connectivity index (χ3n) is 6.30. The van der Waals surface area contributed by atoms with E-state index in [-0.39, 0.29) is 17.2 Å². The van der Waals surface area contributed by atoms with Gasteiger partial charge in [-0.25, -0.2) is 0 Å². The highest BCUT2D eigenvalue weighted by molar-refractivity contribution is 5.92. The van der Waals surface area contributed by atoms with Crippen LogP contribution in [-0.4, -0.2) is 48.2 Å². The van der Waals surface area contributed by atoms with Crippen molar-refractivity contribution < 1.29 is 18.5 Å². The average molecular weight is 410 g/mol. The van der Waals surface area contributed by atoms with Gasteiger partial charge in [-0.3, -0.25) is 14.6 Å². The standard InChI is InChI=1S/C22H26N4O4/c1-14-10-18(25-30-14)21(28)26-8-5-22(6-9-26)12-17(22)13-24-20(27)19-11-16(4-7-23-3)15(2)29-19/h4,7,10-11,17H,3,5-6,8-9,12-13H2,1-2H3,(H,24,27)/b7-4-. The highest BCUT2D eigenvalue weighted by Crippen LogP contribution is 2.59. The Kier molecular flexibility index (Phi) is 5.32. The number of likely N-dealkylation sites (tertiary alicyclic amines) is 1. The second-order valence-corrected chi connectivity index (χ2v) is 8.21. The maximum absolute atomic E-state index is 12.5. The minimum Gasteiger partial charge on any atom is -0.456 e. The number of piperidine rings is 1. The Bertz CT molecular complexity index is 995. The summed E-state index contributed by atoms with van der Waals surface area (Å²) < 4.78 is 10.6. The molecule has 0 bridgehead atoms. The first-order valence-electron chi connectivity index (χ1n) is 10.2. The Morgan fingerprint density at radius 1 is 1.37 bits per heavy atom. The predicted molar refractivity (Wildman–Crippen MR) is 111 cm³/mol. The van der Waals surface area contributed by atoms with E-state index in [4.69, 9.17) is 8.94 Å². The number of hydrogen-bond donors (Lipinski definition) is 1. The van der Waals surface area contributed by atoms with Crippen molar-refractivity contribution in [2.24, 2.45) is 16.3 Å². The van der Waals surface area contributed by atoms with Gasteiger partial charge in [-0.1, -0.05) is 5.16 Å². The summed E-state index contributed by atoms with van der Waals surface area (Å²) in [5, 5.41) is 6.82. The van der Waals surface area contributed by atoms with Gasteiger partial charge in [-0.15, -0.1) is 0 Å². The Morgan fingerprint density at radius 3 is 2.80 bits per heavy atom. The van der Waals surface area contributed by atoms with Gasteiger partial charge in [0.05, 0.1) is 0 Å². The monoisotopic (exact) mass is 410 g/mol. The molecule has 0 aromatic carbocycles. The zero-order valence-corrected chi connectivity index (χ0v) is 17.3. The molecule has 0 radical (unpaired) electrons. The Hall–Kier alpha value is -3.16. The molecular weight excluding hydrogens is 384 g/mol. The van der Waals surface area contributed by atoms with Crippen molar-refractivity contribution in [3.05, 3.63) is 46.9 Å². The summed E-state index contributed by atoms with van der Waals surface area (Å²) in [7, 11) is 0. The molecule has 2 amide bonds. The van der Waals surface area contributed by atoms with Gasteiger partial charge in [0, 0.05) is 37.5 Å². The lowest BCUT2D eigenvalue weighted by Crippen LogP contribution is -2.40. The normalized spacial score (nSPS) is 19.9. The van der Waals surface area contributed by atoms with Crippen LogP contribution in [0.1, 0.15) is 57.4 Å². The van der Waals surface area contributed by atoms with Crippen LogP contribution < -0.4 is 5.32 Å². The second-order valence-electron chi connectivity index (χ2n) is 8.21. The molecule has 1 aliphatic carbocycles. The number of hydrogen-bond acceptors (Lipinski definition) is 6. The summed E-state index contributed by atoms with van der Waals surface area (Å²) >= 11 is 0. The number of rotatable bonds is 6. The summed E-state index contributed by atoms with van der Waals surface area (Å²) in [5.41, 5.74) is 1.41. The van der Waals surface area contributed by atoms with Gasteiger partial charge >= 0.3 is 0 Å². The molecule has 2 fully saturated rings. The van der Waals surface area contributed by atoms with E-state index in [2.05, 4.69) is 22.2 Å². The largest absolute Gasteiger partial charge is 0.456 e. The van der Waals surface area contributed by atoms with E-state index in [1.807, 2.05) is 11.8 Å². The van der Waals surface area contributed by atoms with Crippen LogP contribution in [-0.2, 0) is 0 Å². The number of carbonyl (C=O) groups excluding carboxylic acids is 2. The average Bonchev–Trinajstić information content (AvgIpc) is 3.03. The molecule has 1 atom stereocenters. The quantitative estimate of drug-likeness (QED) is 0.737. The molecule has 1 N–H and O–H groups in total. The van der Waals surface area contributed by atoms with Gasteiger partial charge in [0.25, 0.3) is 11.8 Å². The van der Waals surface area contributed by atoms with Gasteiger partial charge < -0.3 is 19.2 Å². The molecule has 158 valence electrons. The van der Waals surface area contributed by atoms with E-state index in [9.17, 15) is 9.59 Å². The summed E-state index contributed by atoms with van der Waals surface area (Å²) in [4.78, 5) is 30.5. The summed E-state index contributed by atoms with van der Waals surface area (Å²) in [6.45, 7) is 9.02. The maximum atomic E-state index is 12.5. The first kappa shape index (κ1) is 20.1. The summed E-state index contributed by atoms with van der Waals surface area (Å²) in [6.07, 6.45) is 6.29. The molecule has 1 saturated heterocycles. The van der Waals surface area contributed by atoms with Crippen molar-refractivity contribution in [3.63, 3.8) is 0 Å². The van der Waals surface area contributed by atoms with Crippen LogP contribution in [0, 0.1) is 25.2 Å². The van der Waals surface area contributed by atoms with Gasteiger partial charge in [0.15, 0.2) is 11.5 Å². The van der Waals surface area contributed by atoms with Crippen LogP contribution in [0.4, 0.5) is 0 Å². The minimum atomic E-state index is -0.208. The highest BCUT2D eigenvalue weighted by atomic mass is 16.5. The molecule has 2 aliphatic rings. The first-order valence-corrected chi connectivity index (χ1v) is 10.2. The fraction of sp³-hybridized carbons (Fsp3) is 0.455. The van der Waals surface area contributed by atoms with Crippen LogP contribution >= 0.6 is 0 Å². The topological polar surface area (TPSA) is 101 Å². The Labute approximate surface area is 175 Å². The number of aliphatic imine (C=N–C) groups is 1. The Balaban J connectivity index is 1.26. The van der Waals surface area contributed by atoms with E-state index in [0.29, 0.717) is 48.5 Å². The molecule has 1 unspecified atom stereocenters. The smallest absolute Gasteiger partial charge is 0.287 e. The third kappa shape index (κ3) is 3.94. The number of nitrogens with one attached hydrogen (secondary N) is 1. The van der Waals surface area contributed by atoms with Crippen molar-refractivity contribution in [1.29, 1.82) is 0 Å². The third-order valence-corrected chi connectivity index (χ3v) is 6.30.